The van der Waals surface area contributed by atoms with Crippen molar-refractivity contribution in [3.8, 4) is 0 Å². The largest absolute Gasteiger partial charge is 0.375 e. The maximum Gasteiger partial charge on any atom is 0.309 e. The molecule has 2 N–H and O–H groups in total. The Kier molecular flexibility index (Phi) is 6.18. The summed E-state index contributed by atoms with van der Waals surface area (Å²) in [7, 11) is 1.52. The quantitative estimate of drug-likeness (QED) is 0.836. The molecular weight excluding hydrogens is 292 g/mol. The van der Waals surface area contributed by atoms with Crippen molar-refractivity contribution in [1.82, 2.24) is 10.6 Å². The van der Waals surface area contributed by atoms with Crippen LogP contribution in [0.25, 0.3) is 0 Å². The van der Waals surface area contributed by atoms with Gasteiger partial charge in [-0.15, -0.1) is 0 Å². The molecule has 1 rings (SSSR count). The molecule has 0 aliphatic heterocycles. The Morgan fingerprint density at radius 1 is 1.24 bits per heavy atom. The molecule has 1 unspecified atom stereocenters. The Morgan fingerprint density at radius 2 is 1.86 bits per heavy atom. The third-order valence-electron chi connectivity index (χ3n) is 2.68. The van der Waals surface area contributed by atoms with Crippen LogP contribution in [0.4, 0.5) is 0 Å². The van der Waals surface area contributed by atoms with Crippen LogP contribution >= 0.6 is 11.6 Å². The number of methoxy groups -OCH3 is 1. The highest BCUT2D eigenvalue weighted by molar-refractivity contribution is 6.35. The number of amides is 2. The predicted molar refractivity (Wildman–Crippen MR) is 82.1 cm³/mol. The van der Waals surface area contributed by atoms with Crippen LogP contribution in [-0.4, -0.2) is 31.0 Å². The molecule has 1 aromatic carbocycles. The minimum Gasteiger partial charge on any atom is -0.375 e. The van der Waals surface area contributed by atoms with Crippen LogP contribution in [0, 0.1) is 0 Å². The van der Waals surface area contributed by atoms with E-state index < -0.39 is 23.5 Å². The first-order chi connectivity index (χ1) is 9.74. The summed E-state index contributed by atoms with van der Waals surface area (Å²) in [5, 5.41) is 5.69. The first-order valence-corrected chi connectivity index (χ1v) is 7.00. The lowest BCUT2D eigenvalue weighted by atomic mass is 10.1. The van der Waals surface area contributed by atoms with Gasteiger partial charge in [0.1, 0.15) is 6.10 Å². The van der Waals surface area contributed by atoms with Crippen molar-refractivity contribution < 1.29 is 14.3 Å². The van der Waals surface area contributed by atoms with Gasteiger partial charge in [-0.1, -0.05) is 29.8 Å². The minimum atomic E-state index is -0.695. The number of rotatable bonds is 4. The average molecular weight is 313 g/mol. The van der Waals surface area contributed by atoms with Gasteiger partial charge in [-0.25, -0.2) is 0 Å². The van der Waals surface area contributed by atoms with Crippen molar-refractivity contribution in [1.29, 1.82) is 0 Å². The molecule has 5 nitrogen and oxygen atoms in total. The summed E-state index contributed by atoms with van der Waals surface area (Å²) in [6, 6.07) is 7.21. The topological polar surface area (TPSA) is 67.4 Å². The smallest absolute Gasteiger partial charge is 0.309 e. The number of benzene rings is 1. The van der Waals surface area contributed by atoms with Gasteiger partial charge in [0.15, 0.2) is 0 Å². The predicted octanol–water partition coefficient (Wildman–Crippen LogP) is 2.06. The van der Waals surface area contributed by atoms with Crippen LogP contribution in [0.1, 0.15) is 32.4 Å². The van der Waals surface area contributed by atoms with E-state index in [0.29, 0.717) is 5.02 Å². The molecule has 1 aromatic rings. The lowest BCUT2D eigenvalue weighted by molar-refractivity contribution is -0.140. The van der Waals surface area contributed by atoms with Gasteiger partial charge >= 0.3 is 11.8 Å². The van der Waals surface area contributed by atoms with Gasteiger partial charge < -0.3 is 15.4 Å². The van der Waals surface area contributed by atoms with Gasteiger partial charge in [0.25, 0.3) is 0 Å². The van der Waals surface area contributed by atoms with E-state index in [9.17, 15) is 9.59 Å². The molecule has 2 amide bonds. The Bertz CT molecular complexity index is 512. The molecule has 0 heterocycles. The van der Waals surface area contributed by atoms with Crippen molar-refractivity contribution in [2.75, 3.05) is 13.7 Å². The van der Waals surface area contributed by atoms with E-state index in [0.717, 1.165) is 5.56 Å². The molecule has 6 heteroatoms. The van der Waals surface area contributed by atoms with Crippen LogP contribution in [0.3, 0.4) is 0 Å². The maximum absolute atomic E-state index is 11.7. The molecule has 1 atom stereocenters. The zero-order chi connectivity index (χ0) is 16.0. The van der Waals surface area contributed by atoms with E-state index >= 15 is 0 Å². The van der Waals surface area contributed by atoms with Crippen LogP contribution in [0.15, 0.2) is 24.3 Å². The van der Waals surface area contributed by atoms with Crippen LogP contribution < -0.4 is 10.6 Å². The van der Waals surface area contributed by atoms with E-state index in [1.807, 2.05) is 18.2 Å². The van der Waals surface area contributed by atoms with Gasteiger partial charge in [-0.2, -0.15) is 0 Å². The Labute approximate surface area is 130 Å². The van der Waals surface area contributed by atoms with Crippen molar-refractivity contribution in [3.63, 3.8) is 0 Å². The SMILES string of the molecule is COC(CNC(=O)C(=O)NC(C)(C)C)c1ccccc1Cl. The normalized spacial score (nSPS) is 12.6. The van der Waals surface area contributed by atoms with Gasteiger partial charge in [-0.05, 0) is 26.8 Å². The summed E-state index contributed by atoms with van der Waals surface area (Å²) in [5.74, 6) is -1.37. The maximum atomic E-state index is 11.7. The summed E-state index contributed by atoms with van der Waals surface area (Å²) in [6.07, 6.45) is -0.412. The molecule has 116 valence electrons. The highest BCUT2D eigenvalue weighted by Gasteiger charge is 2.21. The Morgan fingerprint density at radius 3 is 2.38 bits per heavy atom. The number of hydrogen-bond donors (Lipinski definition) is 2. The van der Waals surface area contributed by atoms with Crippen LogP contribution in [0.2, 0.25) is 5.02 Å². The molecule has 0 aliphatic carbocycles. The first-order valence-electron chi connectivity index (χ1n) is 6.62. The number of carbonyl (C=O) groups excluding carboxylic acids is 2. The zero-order valence-corrected chi connectivity index (χ0v) is 13.5. The number of halogens is 1. The van der Waals surface area contributed by atoms with Gasteiger partial charge in [0, 0.05) is 29.8 Å². The van der Waals surface area contributed by atoms with Crippen molar-refractivity contribution in [2.24, 2.45) is 0 Å². The summed E-state index contributed by atoms with van der Waals surface area (Å²) in [4.78, 5) is 23.4. The molecule has 0 aliphatic rings. The lowest BCUT2D eigenvalue weighted by Crippen LogP contribution is -2.48. The van der Waals surface area contributed by atoms with E-state index in [4.69, 9.17) is 16.3 Å². The third-order valence-corrected chi connectivity index (χ3v) is 3.02. The molecular formula is C15H21ClN2O3. The molecule has 0 fully saturated rings. The van der Waals surface area contributed by atoms with Crippen LogP contribution in [0.5, 0.6) is 0 Å². The molecule has 0 saturated heterocycles. The lowest BCUT2D eigenvalue weighted by Gasteiger charge is -2.21. The first kappa shape index (κ1) is 17.5. The molecule has 0 spiro atoms. The Hall–Kier alpha value is -1.59. The van der Waals surface area contributed by atoms with Gasteiger partial charge in [0.2, 0.25) is 0 Å². The average Bonchev–Trinajstić information content (AvgIpc) is 2.39. The summed E-state index contributed by atoms with van der Waals surface area (Å²) >= 11 is 6.09. The van der Waals surface area contributed by atoms with Crippen LogP contribution in [-0.2, 0) is 14.3 Å². The number of ether oxygens (including phenoxy) is 1. The van der Waals surface area contributed by atoms with E-state index in [1.54, 1.807) is 26.8 Å². The zero-order valence-electron chi connectivity index (χ0n) is 12.7. The monoisotopic (exact) mass is 312 g/mol. The minimum absolute atomic E-state index is 0.163. The molecule has 21 heavy (non-hydrogen) atoms. The second-order valence-corrected chi connectivity index (χ2v) is 6.07. The highest BCUT2D eigenvalue weighted by Crippen LogP contribution is 2.24. The second-order valence-electron chi connectivity index (χ2n) is 5.66. The molecule has 0 aromatic heterocycles. The number of nitrogens with one attached hydrogen (secondary N) is 2. The van der Waals surface area contributed by atoms with Gasteiger partial charge in [0.05, 0.1) is 0 Å². The summed E-state index contributed by atoms with van der Waals surface area (Å²) < 4.78 is 5.32. The molecule has 0 saturated carbocycles. The van der Waals surface area contributed by atoms with Crippen molar-refractivity contribution in [2.45, 2.75) is 32.4 Å². The van der Waals surface area contributed by atoms with E-state index in [-0.39, 0.29) is 6.54 Å². The standard InChI is InChI=1S/C15H21ClN2O3/c1-15(2,3)18-14(20)13(19)17-9-12(21-4)10-7-5-6-8-11(10)16/h5-8,12H,9H2,1-4H3,(H,17,19)(H,18,20). The van der Waals surface area contributed by atoms with Crippen molar-refractivity contribution >= 4 is 23.4 Å². The molecule has 0 radical (unpaired) electrons. The Balaban J connectivity index is 2.62. The van der Waals surface area contributed by atoms with E-state index in [2.05, 4.69) is 10.6 Å². The summed E-state index contributed by atoms with van der Waals surface area (Å²) in [5.41, 5.74) is 0.302. The summed E-state index contributed by atoms with van der Waals surface area (Å²) in [6.45, 7) is 5.58. The van der Waals surface area contributed by atoms with Gasteiger partial charge in [-0.3, -0.25) is 9.59 Å². The third kappa shape index (κ3) is 5.73. The highest BCUT2D eigenvalue weighted by atomic mass is 35.5. The molecule has 0 bridgehead atoms. The van der Waals surface area contributed by atoms with E-state index in [1.165, 1.54) is 7.11 Å². The fourth-order valence-electron chi connectivity index (χ4n) is 1.72. The fourth-order valence-corrected chi connectivity index (χ4v) is 1.98. The number of carbonyl (C=O) groups is 2. The van der Waals surface area contributed by atoms with Crippen molar-refractivity contribution in [3.05, 3.63) is 34.9 Å². The second kappa shape index (κ2) is 7.43. The fraction of sp³-hybridized carbons (Fsp3) is 0.467. The number of hydrogen-bond acceptors (Lipinski definition) is 3.